The van der Waals surface area contributed by atoms with Gasteiger partial charge in [-0.2, -0.15) is 0 Å². The van der Waals surface area contributed by atoms with E-state index in [4.69, 9.17) is 0 Å². The van der Waals surface area contributed by atoms with Crippen molar-refractivity contribution in [1.82, 2.24) is 15.5 Å². The maximum absolute atomic E-state index is 13.2. The minimum atomic E-state index is -4.61. The third-order valence-electron chi connectivity index (χ3n) is 8.45. The summed E-state index contributed by atoms with van der Waals surface area (Å²) < 4.78 is 40.6. The third kappa shape index (κ3) is 6.31. The van der Waals surface area contributed by atoms with Crippen LogP contribution in [0, 0.1) is 5.92 Å². The Morgan fingerprint density at radius 3 is 2.53 bits per heavy atom. The lowest BCUT2D eigenvalue weighted by Crippen LogP contribution is -2.52. The molecule has 38 heavy (non-hydrogen) atoms. The highest BCUT2D eigenvalue weighted by Crippen LogP contribution is 2.43. The van der Waals surface area contributed by atoms with Gasteiger partial charge in [-0.25, -0.2) is 0 Å². The van der Waals surface area contributed by atoms with Gasteiger partial charge in [0, 0.05) is 47.9 Å². The molecule has 2 aliphatic heterocycles. The molecule has 1 saturated heterocycles. The average molecular weight is 537 g/mol. The second kappa shape index (κ2) is 10.8. The van der Waals surface area contributed by atoms with Gasteiger partial charge in [-0.3, -0.25) is 24.4 Å². The van der Waals surface area contributed by atoms with E-state index in [-0.39, 0.29) is 36.4 Å². The number of hydrogen-bond donors (Lipinski definition) is 3. The van der Waals surface area contributed by atoms with Crippen molar-refractivity contribution in [2.75, 3.05) is 18.5 Å². The maximum Gasteiger partial charge on any atom is 0.522 e. The third-order valence-corrected chi connectivity index (χ3v) is 8.45. The number of amides is 3. The Balaban J connectivity index is 1.25. The number of carbonyl (C=O) groups is 3. The van der Waals surface area contributed by atoms with Gasteiger partial charge >= 0.3 is 6.36 Å². The first kappa shape index (κ1) is 26.9. The van der Waals surface area contributed by atoms with E-state index in [1.165, 1.54) is 12.8 Å². The van der Waals surface area contributed by atoms with Crippen LogP contribution in [0.2, 0.25) is 0 Å². The van der Waals surface area contributed by atoms with Crippen LogP contribution in [0.5, 0.6) is 0 Å². The number of rotatable bonds is 10. The summed E-state index contributed by atoms with van der Waals surface area (Å²) in [6.45, 7) is 0.0573. The first-order chi connectivity index (χ1) is 18.1. The number of benzene rings is 1. The van der Waals surface area contributed by atoms with Gasteiger partial charge in [0.1, 0.15) is 6.04 Å². The van der Waals surface area contributed by atoms with Gasteiger partial charge in [0.05, 0.1) is 6.61 Å². The molecule has 3 N–H and O–H groups in total. The molecule has 3 amide bonds. The molecular formula is C27H35F3N4O4. The summed E-state index contributed by atoms with van der Waals surface area (Å²) in [6.07, 6.45) is 3.96. The molecule has 8 nitrogen and oxygen atoms in total. The number of nitrogens with one attached hydrogen (secondary N) is 3. The molecule has 208 valence electrons. The van der Waals surface area contributed by atoms with Gasteiger partial charge in [0.15, 0.2) is 0 Å². The highest BCUT2D eigenvalue weighted by atomic mass is 19.4. The second-order valence-electron chi connectivity index (χ2n) is 11.1. The number of alkyl halides is 3. The lowest BCUT2D eigenvalue weighted by atomic mass is 9.75. The summed E-state index contributed by atoms with van der Waals surface area (Å²) in [6, 6.07) is 5.10. The summed E-state index contributed by atoms with van der Waals surface area (Å²) in [7, 11) is 0. The smallest absolute Gasteiger partial charge is 0.379 e. The number of fused-ring (bicyclic) bond motifs is 1. The van der Waals surface area contributed by atoms with Crippen LogP contribution in [0.4, 0.5) is 18.9 Å². The summed E-state index contributed by atoms with van der Waals surface area (Å²) >= 11 is 0. The number of imide groups is 1. The van der Waals surface area contributed by atoms with Gasteiger partial charge in [-0.05, 0) is 63.0 Å². The van der Waals surface area contributed by atoms with Crippen LogP contribution in [0.25, 0.3) is 0 Å². The lowest BCUT2D eigenvalue weighted by Gasteiger charge is -2.42. The molecule has 1 aromatic carbocycles. The number of anilines is 1. The Morgan fingerprint density at radius 2 is 1.84 bits per heavy atom. The molecular weight excluding hydrogens is 501 g/mol. The fraction of sp³-hybridized carbons (Fsp3) is 0.667. The molecule has 0 radical (unpaired) electrons. The number of piperidine rings is 1. The Hall–Kier alpha value is -2.66. The van der Waals surface area contributed by atoms with Crippen molar-refractivity contribution in [3.05, 3.63) is 29.3 Å². The second-order valence-corrected chi connectivity index (χ2v) is 11.1. The Bertz CT molecular complexity index is 1070. The van der Waals surface area contributed by atoms with Gasteiger partial charge in [-0.15, -0.1) is 13.2 Å². The molecule has 4 aliphatic rings. The summed E-state index contributed by atoms with van der Waals surface area (Å²) in [4.78, 5) is 38.9. The molecule has 3 fully saturated rings. The standard InChI is InChI=1S/C27H35F3N4O4/c28-27(29,30)38-15-14-31-18-9-12-26(13-10-18,11-8-17-4-5-17)33-21-3-1-2-19-20(21)16-34(25(19)37)22-6-7-23(35)32-24(22)36/h1-3,17-18,22,31,33H,4-16H2,(H,32,35,36). The van der Waals surface area contributed by atoms with Crippen LogP contribution in [0.1, 0.15) is 80.1 Å². The van der Waals surface area contributed by atoms with Crippen LogP contribution in [0.3, 0.4) is 0 Å². The molecule has 11 heteroatoms. The normalized spacial score (nSPS) is 27.9. The van der Waals surface area contributed by atoms with Crippen LogP contribution in [-0.4, -0.2) is 59.8 Å². The molecule has 1 unspecified atom stereocenters. The minimum absolute atomic E-state index is 0.133. The van der Waals surface area contributed by atoms with Gasteiger partial charge in [0.25, 0.3) is 5.91 Å². The fourth-order valence-corrected chi connectivity index (χ4v) is 6.12. The quantitative estimate of drug-likeness (QED) is 0.310. The molecule has 0 aromatic heterocycles. The van der Waals surface area contributed by atoms with Crippen molar-refractivity contribution >= 4 is 23.4 Å². The van der Waals surface area contributed by atoms with Crippen molar-refractivity contribution in [2.24, 2.45) is 5.92 Å². The monoisotopic (exact) mass is 536 g/mol. The number of hydrogen-bond acceptors (Lipinski definition) is 6. The van der Waals surface area contributed by atoms with E-state index in [0.29, 0.717) is 18.5 Å². The van der Waals surface area contributed by atoms with E-state index in [2.05, 4.69) is 20.7 Å². The molecule has 2 heterocycles. The predicted molar refractivity (Wildman–Crippen MR) is 133 cm³/mol. The Morgan fingerprint density at radius 1 is 1.08 bits per heavy atom. The largest absolute Gasteiger partial charge is 0.522 e. The zero-order chi connectivity index (χ0) is 26.9. The van der Waals surface area contributed by atoms with Crippen molar-refractivity contribution in [2.45, 2.75) is 94.7 Å². The molecule has 2 aliphatic carbocycles. The molecule has 0 bridgehead atoms. The Labute approximate surface area is 220 Å². The maximum atomic E-state index is 13.2. The van der Waals surface area contributed by atoms with Gasteiger partial charge < -0.3 is 15.5 Å². The minimum Gasteiger partial charge on any atom is -0.379 e. The first-order valence-electron chi connectivity index (χ1n) is 13.6. The molecule has 5 rings (SSSR count). The van der Waals surface area contributed by atoms with E-state index < -0.39 is 24.9 Å². The predicted octanol–water partition coefficient (Wildman–Crippen LogP) is 3.86. The SMILES string of the molecule is O=C1CCC(N2Cc3c(NC4(CCC5CC5)CCC(NCCOC(F)(F)F)CC4)cccc3C2=O)C(=O)N1. The number of carbonyl (C=O) groups excluding carboxylic acids is 3. The zero-order valence-electron chi connectivity index (χ0n) is 21.4. The molecule has 1 atom stereocenters. The molecule has 1 aromatic rings. The number of ether oxygens (including phenoxy) is 1. The first-order valence-corrected chi connectivity index (χ1v) is 13.6. The highest BCUT2D eigenvalue weighted by molar-refractivity contribution is 6.06. The topological polar surface area (TPSA) is 99.8 Å². The average Bonchev–Trinajstić information content (AvgIpc) is 3.64. The van der Waals surface area contributed by atoms with Crippen molar-refractivity contribution in [3.8, 4) is 0 Å². The van der Waals surface area contributed by atoms with E-state index in [1.807, 2.05) is 12.1 Å². The molecule has 2 saturated carbocycles. The van der Waals surface area contributed by atoms with E-state index >= 15 is 0 Å². The van der Waals surface area contributed by atoms with Crippen LogP contribution in [0.15, 0.2) is 18.2 Å². The summed E-state index contributed by atoms with van der Waals surface area (Å²) in [5.74, 6) is -0.174. The highest BCUT2D eigenvalue weighted by Gasteiger charge is 2.42. The number of halogens is 3. The van der Waals surface area contributed by atoms with Crippen molar-refractivity contribution in [1.29, 1.82) is 0 Å². The zero-order valence-corrected chi connectivity index (χ0v) is 21.4. The van der Waals surface area contributed by atoms with Crippen molar-refractivity contribution < 1.29 is 32.3 Å². The Kier molecular flexibility index (Phi) is 7.68. The number of nitrogens with zero attached hydrogens (tertiary/aromatic N) is 1. The summed E-state index contributed by atoms with van der Waals surface area (Å²) in [5, 5.41) is 9.36. The fourth-order valence-electron chi connectivity index (χ4n) is 6.12. The van der Waals surface area contributed by atoms with Crippen molar-refractivity contribution in [3.63, 3.8) is 0 Å². The van der Waals surface area contributed by atoms with Gasteiger partial charge in [0.2, 0.25) is 11.8 Å². The summed E-state index contributed by atoms with van der Waals surface area (Å²) in [5.41, 5.74) is 2.18. The molecule has 0 spiro atoms. The van der Waals surface area contributed by atoms with E-state index in [0.717, 1.165) is 55.7 Å². The van der Waals surface area contributed by atoms with Crippen LogP contribution < -0.4 is 16.0 Å². The van der Waals surface area contributed by atoms with Gasteiger partial charge in [-0.1, -0.05) is 18.9 Å². The lowest BCUT2D eigenvalue weighted by molar-refractivity contribution is -0.323. The van der Waals surface area contributed by atoms with E-state index in [1.54, 1.807) is 11.0 Å². The van der Waals surface area contributed by atoms with Crippen LogP contribution >= 0.6 is 0 Å². The van der Waals surface area contributed by atoms with E-state index in [9.17, 15) is 27.6 Å². The van der Waals surface area contributed by atoms with Crippen LogP contribution in [-0.2, 0) is 20.9 Å².